The number of rotatable bonds is 8. The van der Waals surface area contributed by atoms with Gasteiger partial charge in [-0.25, -0.2) is 10.0 Å². The molecule has 4 atom stereocenters. The van der Waals surface area contributed by atoms with Crippen molar-refractivity contribution in [3.05, 3.63) is 126 Å². The van der Waals surface area contributed by atoms with E-state index in [1.54, 1.807) is 18.2 Å². The second-order valence-corrected chi connectivity index (χ2v) is 18.4. The lowest BCUT2D eigenvalue weighted by Crippen LogP contribution is -2.48. The van der Waals surface area contributed by atoms with Crippen LogP contribution in [0.5, 0.6) is 0 Å². The van der Waals surface area contributed by atoms with E-state index >= 15 is 0 Å². The lowest BCUT2D eigenvalue weighted by Gasteiger charge is -2.29. The minimum Gasteiger partial charge on any atom is -0.308 e. The Morgan fingerprint density at radius 1 is 0.557 bits per heavy atom. The van der Waals surface area contributed by atoms with E-state index in [1.165, 1.54) is 25.7 Å². The molecule has 4 heterocycles. The highest BCUT2D eigenvalue weighted by atomic mass is 35.5. The quantitative estimate of drug-likeness (QED) is 0.170. The first-order valence-corrected chi connectivity index (χ1v) is 22.8. The maximum absolute atomic E-state index is 13.1. The fraction of sp³-hybridized carbons (Fsp3) is 0.364. The molecule has 4 aromatic rings. The van der Waals surface area contributed by atoms with Gasteiger partial charge in [0, 0.05) is 58.1 Å². The summed E-state index contributed by atoms with van der Waals surface area (Å²) in [5, 5.41) is 21.1. The maximum Gasteiger partial charge on any atom is 0.282 e. The van der Waals surface area contributed by atoms with Crippen LogP contribution in [0, 0.1) is 11.8 Å². The number of nitrogens with one attached hydrogen (secondary N) is 2. The van der Waals surface area contributed by atoms with Crippen LogP contribution in [0.3, 0.4) is 0 Å². The molecule has 0 saturated carbocycles. The summed E-state index contributed by atoms with van der Waals surface area (Å²) in [7, 11) is 0. The molecule has 8 rings (SSSR count). The van der Waals surface area contributed by atoms with Crippen LogP contribution in [0.25, 0.3) is 0 Å². The maximum atomic E-state index is 13.1. The molecule has 9 nitrogen and oxygen atoms in total. The molecule has 4 aromatic carbocycles. The molecular weight excluding hydrogens is 937 g/mol. The van der Waals surface area contributed by atoms with Crippen LogP contribution in [0.2, 0.25) is 30.1 Å². The molecule has 2 N–H and O–H groups in total. The largest absolute Gasteiger partial charge is 0.308 e. The van der Waals surface area contributed by atoms with Crippen LogP contribution in [0.1, 0.15) is 75.6 Å². The number of hydrazone groups is 2. The van der Waals surface area contributed by atoms with E-state index in [9.17, 15) is 4.79 Å². The number of anilines is 2. The molecular formula is C44H47Cl7N8OS. The van der Waals surface area contributed by atoms with Crippen LogP contribution >= 0.6 is 94.2 Å². The molecule has 4 aliphatic heterocycles. The van der Waals surface area contributed by atoms with Gasteiger partial charge in [-0.15, -0.1) is 12.4 Å². The van der Waals surface area contributed by atoms with Gasteiger partial charge in [0.05, 0.1) is 33.5 Å². The summed E-state index contributed by atoms with van der Waals surface area (Å²) in [6, 6.07) is 25.9. The van der Waals surface area contributed by atoms with Gasteiger partial charge < -0.3 is 5.43 Å². The normalized spacial score (nSPS) is 21.8. The monoisotopic (exact) mass is 980 g/mol. The Hall–Kier alpha value is -2.87. The molecule has 0 aliphatic carbocycles. The first-order valence-electron chi connectivity index (χ1n) is 20.2. The van der Waals surface area contributed by atoms with E-state index in [0.717, 1.165) is 61.5 Å². The number of halogens is 7. The molecule has 1 amide bonds. The van der Waals surface area contributed by atoms with E-state index in [4.69, 9.17) is 92.0 Å². The number of amides is 1. The third-order valence-corrected chi connectivity index (χ3v) is 13.1. The van der Waals surface area contributed by atoms with E-state index in [0.29, 0.717) is 46.5 Å². The third-order valence-electron chi connectivity index (χ3n) is 11.2. The highest BCUT2D eigenvalue weighted by Gasteiger charge is 2.41. The number of piperidine rings is 2. The van der Waals surface area contributed by atoms with Crippen molar-refractivity contribution in [3.63, 3.8) is 0 Å². The Labute approximate surface area is 399 Å². The van der Waals surface area contributed by atoms with Crippen molar-refractivity contribution in [1.29, 1.82) is 0 Å². The Morgan fingerprint density at radius 2 is 0.934 bits per heavy atom. The lowest BCUT2D eigenvalue weighted by molar-refractivity contribution is -0.120. The van der Waals surface area contributed by atoms with Gasteiger partial charge in [-0.2, -0.15) is 10.2 Å². The van der Waals surface area contributed by atoms with Crippen molar-refractivity contribution >= 4 is 128 Å². The summed E-state index contributed by atoms with van der Waals surface area (Å²) in [4.78, 5) is 13.7. The Morgan fingerprint density at radius 3 is 1.36 bits per heavy atom. The van der Waals surface area contributed by atoms with Crippen LogP contribution in [0.4, 0.5) is 11.4 Å². The lowest BCUT2D eigenvalue weighted by atomic mass is 9.91. The first-order chi connectivity index (χ1) is 28.9. The average molecular weight is 984 g/mol. The second kappa shape index (κ2) is 21.7. The molecule has 17 heteroatoms. The predicted octanol–water partition coefficient (Wildman–Crippen LogP) is 12.7. The summed E-state index contributed by atoms with van der Waals surface area (Å²) in [5.41, 5.74) is 11.4. The van der Waals surface area contributed by atoms with E-state index < -0.39 is 0 Å². The number of hydrazine groups is 2. The van der Waals surface area contributed by atoms with E-state index in [1.807, 2.05) is 88.7 Å². The fourth-order valence-corrected chi connectivity index (χ4v) is 9.70. The minimum atomic E-state index is -0.192. The number of hydrogen-bond acceptors (Lipinski definition) is 8. The summed E-state index contributed by atoms with van der Waals surface area (Å²) < 4.78 is 0. The number of nitrogens with zero attached hydrogens (tertiary/aromatic N) is 6. The van der Waals surface area contributed by atoms with E-state index in [-0.39, 0.29) is 42.2 Å². The molecule has 0 aromatic heterocycles. The number of carbonyl (C=O) groups is 1. The predicted molar refractivity (Wildman–Crippen MR) is 261 cm³/mol. The Bertz CT molecular complexity index is 2080. The molecule has 0 spiro atoms. The zero-order valence-corrected chi connectivity index (χ0v) is 39.8. The standard InChI is InChI=1S/C22H23Cl3N4O.C22H23Cl3N4S.ClH/c2*1-14-20(22(30)27-28-11-3-2-4-12-28)26-29(19-10-9-17(24)13-18(19)25)21(14)15-5-7-16(23)8-6-15;/h2*5-10,13-14,21H,2-4,11-12H2,1H3,(H,27,30);1H/t2*14-,21+;/m00./s1. The summed E-state index contributed by atoms with van der Waals surface area (Å²) in [5.74, 6) is -0.263. The molecule has 0 bridgehead atoms. The van der Waals surface area contributed by atoms with Crippen molar-refractivity contribution < 1.29 is 4.79 Å². The highest BCUT2D eigenvalue weighted by molar-refractivity contribution is 7.82. The number of hydrogen-bond donors (Lipinski definition) is 2. The number of thiocarbonyl (C=S) groups is 1. The molecule has 2 fully saturated rings. The molecule has 2 saturated heterocycles. The van der Waals surface area contributed by atoms with Crippen LogP contribution < -0.4 is 20.9 Å². The van der Waals surface area contributed by atoms with Crippen molar-refractivity contribution in [2.75, 3.05) is 36.2 Å². The minimum absolute atomic E-state index is 0. The van der Waals surface area contributed by atoms with Gasteiger partial charge in [0.2, 0.25) is 0 Å². The molecule has 0 unspecified atom stereocenters. The van der Waals surface area contributed by atoms with Crippen LogP contribution in [-0.4, -0.2) is 58.5 Å². The van der Waals surface area contributed by atoms with Crippen LogP contribution in [0.15, 0.2) is 95.1 Å². The Kier molecular flexibility index (Phi) is 16.9. The van der Waals surface area contributed by atoms with Gasteiger partial charge in [-0.3, -0.25) is 20.2 Å². The highest BCUT2D eigenvalue weighted by Crippen LogP contribution is 2.44. The zero-order valence-electron chi connectivity index (χ0n) is 33.6. The van der Waals surface area contributed by atoms with Crippen molar-refractivity contribution in [2.24, 2.45) is 22.0 Å². The van der Waals surface area contributed by atoms with Gasteiger partial charge in [-0.1, -0.05) is 133 Å². The smallest absolute Gasteiger partial charge is 0.282 e. The van der Waals surface area contributed by atoms with Gasteiger partial charge in [-0.05, 0) is 97.5 Å². The van der Waals surface area contributed by atoms with Gasteiger partial charge in [0.25, 0.3) is 5.91 Å². The van der Waals surface area contributed by atoms with Crippen molar-refractivity contribution in [3.8, 4) is 0 Å². The molecule has 4 aliphatic rings. The zero-order chi connectivity index (χ0) is 42.5. The van der Waals surface area contributed by atoms with Gasteiger partial charge in [0.15, 0.2) is 0 Å². The SMILES string of the molecule is C[C@H]1C(C(=O)NN2CCCCC2)=NN(c2ccc(Cl)cc2Cl)[C@H]1c1ccc(Cl)cc1.C[C@H]1C(C(=S)NN2CCCCC2)=NN(c2ccc(Cl)cc2Cl)[C@H]1c1ccc(Cl)cc1.Cl. The summed E-state index contributed by atoms with van der Waals surface area (Å²) in [6.07, 6.45) is 6.99. The fourth-order valence-electron chi connectivity index (χ4n) is 8.10. The third kappa shape index (κ3) is 11.5. The summed E-state index contributed by atoms with van der Waals surface area (Å²) >= 11 is 43.2. The second-order valence-electron chi connectivity index (χ2n) is 15.4. The Balaban J connectivity index is 0.000000201. The molecule has 324 valence electrons. The number of benzene rings is 4. The van der Waals surface area contributed by atoms with E-state index in [2.05, 4.69) is 22.8 Å². The summed E-state index contributed by atoms with van der Waals surface area (Å²) in [6.45, 7) is 7.87. The average Bonchev–Trinajstić information content (AvgIpc) is 3.76. The van der Waals surface area contributed by atoms with Crippen molar-refractivity contribution in [1.82, 2.24) is 20.9 Å². The van der Waals surface area contributed by atoms with Gasteiger partial charge >= 0.3 is 0 Å². The topological polar surface area (TPSA) is 78.8 Å². The number of carbonyl (C=O) groups excluding carboxylic acids is 1. The molecule has 61 heavy (non-hydrogen) atoms. The first kappa shape index (κ1) is 47.6. The van der Waals surface area contributed by atoms with Crippen molar-refractivity contribution in [2.45, 2.75) is 64.5 Å². The van der Waals surface area contributed by atoms with Crippen LogP contribution in [-0.2, 0) is 4.79 Å². The van der Waals surface area contributed by atoms with Gasteiger partial charge in [0.1, 0.15) is 16.4 Å². The molecule has 0 radical (unpaired) electrons.